The Bertz CT molecular complexity index is 802. The normalized spacial score (nSPS) is 13.1. The first-order valence-electron chi connectivity index (χ1n) is 8.51. The summed E-state index contributed by atoms with van der Waals surface area (Å²) >= 11 is 0. The van der Waals surface area contributed by atoms with E-state index in [1.165, 1.54) is 24.3 Å². The van der Waals surface area contributed by atoms with E-state index in [4.69, 9.17) is 0 Å². The van der Waals surface area contributed by atoms with Gasteiger partial charge in [-0.2, -0.15) is 0 Å². The van der Waals surface area contributed by atoms with E-state index >= 15 is 0 Å². The summed E-state index contributed by atoms with van der Waals surface area (Å²) in [5, 5.41) is 5.11. The fourth-order valence-corrected chi connectivity index (χ4v) is 2.60. The number of nitrogens with one attached hydrogen (secondary N) is 2. The molecule has 4 nitrogen and oxygen atoms in total. The van der Waals surface area contributed by atoms with Gasteiger partial charge in [-0.15, -0.1) is 0 Å². The Labute approximate surface area is 155 Å². The first-order valence-corrected chi connectivity index (χ1v) is 8.51. The van der Waals surface area contributed by atoms with Crippen LogP contribution in [0.2, 0.25) is 0 Å². The molecular weight excluding hydrogens is 357 g/mol. The predicted octanol–water partition coefficient (Wildman–Crippen LogP) is 3.74. The van der Waals surface area contributed by atoms with E-state index in [1.807, 2.05) is 0 Å². The van der Waals surface area contributed by atoms with E-state index < -0.39 is 46.9 Å². The molecule has 27 heavy (non-hydrogen) atoms. The lowest BCUT2D eigenvalue weighted by molar-refractivity contribution is -0.124. The zero-order valence-corrected chi connectivity index (χ0v) is 15.2. The maximum atomic E-state index is 13.8. The van der Waals surface area contributed by atoms with Crippen molar-refractivity contribution in [2.24, 2.45) is 5.92 Å². The molecule has 0 aliphatic rings. The minimum absolute atomic E-state index is 0.329. The summed E-state index contributed by atoms with van der Waals surface area (Å²) in [7, 11) is 0. The van der Waals surface area contributed by atoms with Gasteiger partial charge in [-0.3, -0.25) is 9.59 Å². The number of carbonyl (C=O) groups excluding carboxylic acids is 2. The zero-order chi connectivity index (χ0) is 20.1. The van der Waals surface area contributed by atoms with Crippen LogP contribution in [0, 0.1) is 23.4 Å². The zero-order valence-electron chi connectivity index (χ0n) is 15.2. The molecule has 0 saturated carbocycles. The Morgan fingerprint density at radius 1 is 0.852 bits per heavy atom. The van der Waals surface area contributed by atoms with Gasteiger partial charge in [0.05, 0.1) is 6.04 Å². The Morgan fingerprint density at radius 2 is 1.41 bits per heavy atom. The molecular formula is C20H21F3N2O2. The summed E-state index contributed by atoms with van der Waals surface area (Å²) in [6, 6.07) is 7.29. The van der Waals surface area contributed by atoms with Crippen LogP contribution in [0.5, 0.6) is 0 Å². The maximum absolute atomic E-state index is 13.8. The van der Waals surface area contributed by atoms with Crippen molar-refractivity contribution >= 4 is 11.8 Å². The summed E-state index contributed by atoms with van der Waals surface area (Å²) in [4.78, 5) is 24.9. The molecule has 2 atom stereocenters. The highest BCUT2D eigenvalue weighted by atomic mass is 19.1. The molecule has 0 heterocycles. The third-order valence-corrected chi connectivity index (χ3v) is 4.15. The van der Waals surface area contributed by atoms with Crippen LogP contribution in [-0.4, -0.2) is 17.9 Å². The standard InChI is InChI=1S/C20H21F3N2O2/c1-11(2)18(25-19(26)17-15(22)5-4-6-16(17)23)20(27)24-12(3)13-7-9-14(21)10-8-13/h4-12,18H,1-3H3,(H,24,27)(H,25,26). The van der Waals surface area contributed by atoms with Crippen molar-refractivity contribution in [2.45, 2.75) is 32.9 Å². The van der Waals surface area contributed by atoms with Gasteiger partial charge in [0.2, 0.25) is 5.91 Å². The highest BCUT2D eigenvalue weighted by Crippen LogP contribution is 2.16. The van der Waals surface area contributed by atoms with Crippen LogP contribution in [-0.2, 0) is 4.79 Å². The monoisotopic (exact) mass is 378 g/mol. The molecule has 0 aromatic heterocycles. The topological polar surface area (TPSA) is 58.2 Å². The highest BCUT2D eigenvalue weighted by molar-refractivity contribution is 5.98. The average Bonchev–Trinajstić information content (AvgIpc) is 2.59. The number of halogens is 3. The van der Waals surface area contributed by atoms with Crippen LogP contribution in [0.25, 0.3) is 0 Å². The first kappa shape index (κ1) is 20.5. The van der Waals surface area contributed by atoms with Gasteiger partial charge in [-0.25, -0.2) is 13.2 Å². The Hall–Kier alpha value is -2.83. The maximum Gasteiger partial charge on any atom is 0.257 e. The van der Waals surface area contributed by atoms with Gasteiger partial charge in [-0.1, -0.05) is 32.0 Å². The second-order valence-electron chi connectivity index (χ2n) is 6.57. The lowest BCUT2D eigenvalue weighted by Gasteiger charge is -2.24. The summed E-state index contributed by atoms with van der Waals surface area (Å²) in [5.41, 5.74) is -0.0544. The average molecular weight is 378 g/mol. The van der Waals surface area contributed by atoms with E-state index in [9.17, 15) is 22.8 Å². The summed E-state index contributed by atoms with van der Waals surface area (Å²) < 4.78 is 40.6. The van der Waals surface area contributed by atoms with Crippen molar-refractivity contribution < 1.29 is 22.8 Å². The van der Waals surface area contributed by atoms with Crippen LogP contribution in [0.15, 0.2) is 42.5 Å². The molecule has 2 N–H and O–H groups in total. The minimum Gasteiger partial charge on any atom is -0.348 e. The van der Waals surface area contributed by atoms with Gasteiger partial charge in [0.25, 0.3) is 5.91 Å². The van der Waals surface area contributed by atoms with Crippen molar-refractivity contribution in [3.8, 4) is 0 Å². The fourth-order valence-electron chi connectivity index (χ4n) is 2.60. The lowest BCUT2D eigenvalue weighted by Crippen LogP contribution is -2.50. The Balaban J connectivity index is 2.13. The van der Waals surface area contributed by atoms with Crippen molar-refractivity contribution in [3.05, 3.63) is 71.0 Å². The number of amides is 2. The van der Waals surface area contributed by atoms with E-state index in [2.05, 4.69) is 10.6 Å². The second-order valence-corrected chi connectivity index (χ2v) is 6.57. The van der Waals surface area contributed by atoms with E-state index in [0.29, 0.717) is 5.56 Å². The molecule has 0 fully saturated rings. The van der Waals surface area contributed by atoms with Crippen LogP contribution >= 0.6 is 0 Å². The van der Waals surface area contributed by atoms with Gasteiger partial charge < -0.3 is 10.6 Å². The minimum atomic E-state index is -1.01. The molecule has 2 rings (SSSR count). The van der Waals surface area contributed by atoms with Crippen LogP contribution in [0.1, 0.15) is 42.7 Å². The number of rotatable bonds is 6. The SMILES string of the molecule is CC(NC(=O)C(NC(=O)c1c(F)cccc1F)C(C)C)c1ccc(F)cc1. The second kappa shape index (κ2) is 8.70. The van der Waals surface area contributed by atoms with Crippen molar-refractivity contribution in [1.29, 1.82) is 0 Å². The summed E-state index contributed by atoms with van der Waals surface area (Å²) in [6.07, 6.45) is 0. The largest absolute Gasteiger partial charge is 0.348 e. The van der Waals surface area contributed by atoms with E-state index in [1.54, 1.807) is 20.8 Å². The first-order chi connectivity index (χ1) is 12.7. The van der Waals surface area contributed by atoms with E-state index in [0.717, 1.165) is 18.2 Å². The molecule has 0 spiro atoms. The molecule has 0 saturated heterocycles. The van der Waals surface area contributed by atoms with Crippen LogP contribution in [0.3, 0.4) is 0 Å². The molecule has 144 valence electrons. The quantitative estimate of drug-likeness (QED) is 0.805. The number of hydrogen-bond acceptors (Lipinski definition) is 2. The Morgan fingerprint density at radius 3 is 1.93 bits per heavy atom. The van der Waals surface area contributed by atoms with Gasteiger partial charge in [-0.05, 0) is 42.7 Å². The van der Waals surface area contributed by atoms with Crippen molar-refractivity contribution in [2.75, 3.05) is 0 Å². The molecule has 0 bridgehead atoms. The molecule has 0 aliphatic heterocycles. The smallest absolute Gasteiger partial charge is 0.257 e. The molecule has 0 aliphatic carbocycles. The number of hydrogen-bond donors (Lipinski definition) is 2. The third kappa shape index (κ3) is 5.09. The van der Waals surface area contributed by atoms with Crippen LogP contribution < -0.4 is 10.6 Å². The van der Waals surface area contributed by atoms with Gasteiger partial charge >= 0.3 is 0 Å². The molecule has 2 amide bonds. The van der Waals surface area contributed by atoms with Gasteiger partial charge in [0, 0.05) is 0 Å². The third-order valence-electron chi connectivity index (χ3n) is 4.15. The molecule has 2 aromatic rings. The Kier molecular flexibility index (Phi) is 6.60. The van der Waals surface area contributed by atoms with Gasteiger partial charge in [0.15, 0.2) is 0 Å². The van der Waals surface area contributed by atoms with E-state index in [-0.39, 0.29) is 5.92 Å². The highest BCUT2D eigenvalue weighted by Gasteiger charge is 2.28. The van der Waals surface area contributed by atoms with Gasteiger partial charge in [0.1, 0.15) is 29.1 Å². The molecule has 2 aromatic carbocycles. The number of benzene rings is 2. The van der Waals surface area contributed by atoms with Crippen molar-refractivity contribution in [3.63, 3.8) is 0 Å². The van der Waals surface area contributed by atoms with Crippen LogP contribution in [0.4, 0.5) is 13.2 Å². The molecule has 2 unspecified atom stereocenters. The fraction of sp³-hybridized carbons (Fsp3) is 0.300. The lowest BCUT2D eigenvalue weighted by atomic mass is 10.0. The molecule has 7 heteroatoms. The summed E-state index contributed by atoms with van der Waals surface area (Å²) in [5.74, 6) is -4.24. The molecule has 0 radical (unpaired) electrons. The summed E-state index contributed by atoms with van der Waals surface area (Å²) in [6.45, 7) is 5.11. The predicted molar refractivity (Wildman–Crippen MR) is 95.4 cm³/mol. The number of carbonyl (C=O) groups is 2. The van der Waals surface area contributed by atoms with Crippen molar-refractivity contribution in [1.82, 2.24) is 10.6 Å².